The first-order chi connectivity index (χ1) is 10.1. The van der Waals surface area contributed by atoms with E-state index in [0.29, 0.717) is 12.0 Å². The van der Waals surface area contributed by atoms with Crippen molar-refractivity contribution in [3.8, 4) is 0 Å². The van der Waals surface area contributed by atoms with Gasteiger partial charge in [-0.15, -0.1) is 16.4 Å². The van der Waals surface area contributed by atoms with Crippen molar-refractivity contribution in [3.63, 3.8) is 0 Å². The molecule has 0 radical (unpaired) electrons. The number of thioether (sulfide) groups is 1. The first-order valence-electron chi connectivity index (χ1n) is 7.13. The summed E-state index contributed by atoms with van der Waals surface area (Å²) in [6.45, 7) is 10.2. The van der Waals surface area contributed by atoms with Crippen LogP contribution in [-0.4, -0.2) is 37.8 Å². The molecular formula is C13H22N6S2. The largest absolute Gasteiger partial charge is 0.313 e. The lowest BCUT2D eigenvalue weighted by atomic mass is 10.2. The molecule has 0 unspecified atom stereocenters. The van der Waals surface area contributed by atoms with Crippen LogP contribution in [0, 0.1) is 0 Å². The van der Waals surface area contributed by atoms with Crippen LogP contribution >= 0.6 is 23.1 Å². The molecule has 2 aromatic rings. The molecule has 6 nitrogen and oxygen atoms in total. The summed E-state index contributed by atoms with van der Waals surface area (Å²) in [6.07, 6.45) is 0. The van der Waals surface area contributed by atoms with Crippen molar-refractivity contribution in [2.75, 3.05) is 6.54 Å². The predicted molar refractivity (Wildman–Crippen MR) is 86.7 cm³/mol. The number of rotatable bonds is 8. The van der Waals surface area contributed by atoms with Gasteiger partial charge in [-0.3, -0.25) is 0 Å². The Kier molecular flexibility index (Phi) is 6.13. The molecule has 0 aromatic carbocycles. The van der Waals surface area contributed by atoms with Gasteiger partial charge in [-0.1, -0.05) is 39.5 Å². The molecule has 0 fully saturated rings. The normalized spacial score (nSPS) is 11.7. The van der Waals surface area contributed by atoms with E-state index in [4.69, 9.17) is 0 Å². The molecule has 8 heteroatoms. The molecule has 21 heavy (non-hydrogen) atoms. The minimum absolute atomic E-state index is 0.474. The van der Waals surface area contributed by atoms with Crippen molar-refractivity contribution < 1.29 is 0 Å². The van der Waals surface area contributed by atoms with Gasteiger partial charge in [0.1, 0.15) is 0 Å². The van der Waals surface area contributed by atoms with Crippen molar-refractivity contribution in [2.24, 2.45) is 0 Å². The number of nitrogens with one attached hydrogen (secondary N) is 1. The Balaban J connectivity index is 1.86. The fourth-order valence-electron chi connectivity index (χ4n) is 1.69. The standard InChI is InChI=1S/C13H22N6S2/c1-9(2)12-15-11(7-20-12)8-21-13-16-17-18-19(13)6-5-14-10(3)4/h7,9-10,14H,5-6,8H2,1-4H3. The van der Waals surface area contributed by atoms with E-state index in [-0.39, 0.29) is 0 Å². The second-order valence-electron chi connectivity index (χ2n) is 5.41. The van der Waals surface area contributed by atoms with Crippen molar-refractivity contribution in [3.05, 3.63) is 16.1 Å². The number of hydrogen-bond acceptors (Lipinski definition) is 7. The van der Waals surface area contributed by atoms with Crippen LogP contribution in [0.1, 0.15) is 44.3 Å². The van der Waals surface area contributed by atoms with E-state index in [2.05, 4.69) is 58.9 Å². The van der Waals surface area contributed by atoms with Crippen molar-refractivity contribution in [1.29, 1.82) is 0 Å². The molecule has 0 atom stereocenters. The van der Waals surface area contributed by atoms with Gasteiger partial charge in [-0.05, 0) is 10.4 Å². The van der Waals surface area contributed by atoms with Crippen LogP contribution in [0.5, 0.6) is 0 Å². The number of hydrogen-bond donors (Lipinski definition) is 1. The average Bonchev–Trinajstić information content (AvgIpc) is 3.04. The van der Waals surface area contributed by atoms with Crippen LogP contribution in [0.15, 0.2) is 10.5 Å². The molecule has 0 spiro atoms. The van der Waals surface area contributed by atoms with E-state index in [0.717, 1.165) is 29.7 Å². The second kappa shape index (κ2) is 7.86. The van der Waals surface area contributed by atoms with Crippen LogP contribution in [0.3, 0.4) is 0 Å². The Morgan fingerprint density at radius 3 is 2.81 bits per heavy atom. The first-order valence-corrected chi connectivity index (χ1v) is 8.99. The van der Waals surface area contributed by atoms with Crippen LogP contribution in [0.25, 0.3) is 0 Å². The zero-order chi connectivity index (χ0) is 15.2. The molecule has 0 aliphatic heterocycles. The van der Waals surface area contributed by atoms with Crippen molar-refractivity contribution >= 4 is 23.1 Å². The highest BCUT2D eigenvalue weighted by atomic mass is 32.2. The first kappa shape index (κ1) is 16.4. The summed E-state index contributed by atoms with van der Waals surface area (Å²) >= 11 is 3.36. The van der Waals surface area contributed by atoms with Crippen molar-refractivity contribution in [2.45, 2.75) is 57.1 Å². The topological polar surface area (TPSA) is 68.5 Å². The lowest BCUT2D eigenvalue weighted by Crippen LogP contribution is -2.27. The summed E-state index contributed by atoms with van der Waals surface area (Å²) in [5.41, 5.74) is 1.10. The Hall–Kier alpha value is -0.990. The Morgan fingerprint density at radius 2 is 2.14 bits per heavy atom. The number of nitrogens with zero attached hydrogens (tertiary/aromatic N) is 5. The van der Waals surface area contributed by atoms with E-state index in [1.807, 2.05) is 4.68 Å². The molecule has 0 aliphatic rings. The third-order valence-electron chi connectivity index (χ3n) is 2.79. The fourth-order valence-corrected chi connectivity index (χ4v) is 3.43. The summed E-state index contributed by atoms with van der Waals surface area (Å²) in [5.74, 6) is 1.29. The molecule has 0 amide bonds. The summed E-state index contributed by atoms with van der Waals surface area (Å²) in [7, 11) is 0. The maximum Gasteiger partial charge on any atom is 0.209 e. The molecule has 0 saturated heterocycles. The second-order valence-corrected chi connectivity index (χ2v) is 7.25. The van der Waals surface area contributed by atoms with E-state index in [1.54, 1.807) is 23.1 Å². The SMILES string of the molecule is CC(C)NCCn1nnnc1SCc1csc(C(C)C)n1. The molecule has 1 N–H and O–H groups in total. The molecule has 0 bridgehead atoms. The van der Waals surface area contributed by atoms with E-state index in [9.17, 15) is 0 Å². The monoisotopic (exact) mass is 326 g/mol. The minimum atomic E-state index is 0.474. The predicted octanol–water partition coefficient (Wildman–Crippen LogP) is 2.54. The van der Waals surface area contributed by atoms with Gasteiger partial charge in [0, 0.05) is 29.6 Å². The van der Waals surface area contributed by atoms with E-state index in [1.165, 1.54) is 5.01 Å². The van der Waals surface area contributed by atoms with Crippen LogP contribution < -0.4 is 5.32 Å². The number of thiazole rings is 1. The van der Waals surface area contributed by atoms with Crippen molar-refractivity contribution in [1.82, 2.24) is 30.5 Å². The Morgan fingerprint density at radius 1 is 1.33 bits per heavy atom. The van der Waals surface area contributed by atoms with Crippen LogP contribution in [0.2, 0.25) is 0 Å². The van der Waals surface area contributed by atoms with E-state index >= 15 is 0 Å². The molecule has 0 aliphatic carbocycles. The molecule has 116 valence electrons. The molecule has 0 saturated carbocycles. The molecule has 2 heterocycles. The lowest BCUT2D eigenvalue weighted by Gasteiger charge is -2.08. The fraction of sp³-hybridized carbons (Fsp3) is 0.692. The zero-order valence-corrected chi connectivity index (χ0v) is 14.5. The molecular weight excluding hydrogens is 304 g/mol. The lowest BCUT2D eigenvalue weighted by molar-refractivity contribution is 0.485. The van der Waals surface area contributed by atoms with Crippen LogP contribution in [0.4, 0.5) is 0 Å². The highest BCUT2D eigenvalue weighted by Crippen LogP contribution is 2.24. The zero-order valence-electron chi connectivity index (χ0n) is 12.9. The third kappa shape index (κ3) is 5.05. The summed E-state index contributed by atoms with van der Waals surface area (Å²) in [6, 6.07) is 0.474. The van der Waals surface area contributed by atoms with Crippen LogP contribution in [-0.2, 0) is 12.3 Å². The van der Waals surface area contributed by atoms with Gasteiger partial charge in [-0.25, -0.2) is 9.67 Å². The van der Waals surface area contributed by atoms with Gasteiger partial charge in [0.05, 0.1) is 17.2 Å². The Bertz CT molecular complexity index is 548. The quantitative estimate of drug-likeness (QED) is 0.752. The van der Waals surface area contributed by atoms with Gasteiger partial charge in [0.15, 0.2) is 0 Å². The average molecular weight is 326 g/mol. The highest BCUT2D eigenvalue weighted by Gasteiger charge is 2.10. The van der Waals surface area contributed by atoms with Gasteiger partial charge >= 0.3 is 0 Å². The number of aromatic nitrogens is 5. The molecule has 2 rings (SSSR count). The van der Waals surface area contributed by atoms with Gasteiger partial charge in [-0.2, -0.15) is 0 Å². The highest BCUT2D eigenvalue weighted by molar-refractivity contribution is 7.98. The van der Waals surface area contributed by atoms with Gasteiger partial charge < -0.3 is 5.32 Å². The maximum absolute atomic E-state index is 4.63. The smallest absolute Gasteiger partial charge is 0.209 e. The maximum atomic E-state index is 4.63. The third-order valence-corrected chi connectivity index (χ3v) is 4.97. The van der Waals surface area contributed by atoms with E-state index < -0.39 is 0 Å². The van der Waals surface area contributed by atoms with Gasteiger partial charge in [0.2, 0.25) is 5.16 Å². The molecule has 2 aromatic heterocycles. The minimum Gasteiger partial charge on any atom is -0.313 e. The summed E-state index contributed by atoms with van der Waals surface area (Å²) in [4.78, 5) is 4.63. The van der Waals surface area contributed by atoms with Gasteiger partial charge in [0.25, 0.3) is 0 Å². The number of tetrazole rings is 1. The Labute approximate surface area is 133 Å². The summed E-state index contributed by atoms with van der Waals surface area (Å²) in [5, 5.41) is 19.4. The summed E-state index contributed by atoms with van der Waals surface area (Å²) < 4.78 is 1.84.